The van der Waals surface area contributed by atoms with E-state index < -0.39 is 0 Å². The number of hydrogen-bond donors (Lipinski definition) is 1. The Morgan fingerprint density at radius 3 is 3.00 bits per heavy atom. The maximum atomic E-state index is 12.9. The van der Waals surface area contributed by atoms with Crippen molar-refractivity contribution in [1.29, 1.82) is 0 Å². The third-order valence-corrected chi connectivity index (χ3v) is 3.34. The number of thiazole rings is 1. The number of nitrogens with zero attached hydrogens (tertiary/aromatic N) is 1. The molecule has 1 heterocycles. The highest BCUT2D eigenvalue weighted by Crippen LogP contribution is 2.14. The van der Waals surface area contributed by atoms with Crippen LogP contribution in [-0.4, -0.2) is 18.1 Å². The van der Waals surface area contributed by atoms with Crippen LogP contribution >= 0.6 is 11.3 Å². The largest absolute Gasteiger partial charge is 0.493 e. The third-order valence-electron chi connectivity index (χ3n) is 2.38. The first-order chi connectivity index (χ1) is 8.78. The molecule has 1 aromatic heterocycles. The Morgan fingerprint density at radius 2 is 2.22 bits per heavy atom. The Balaban J connectivity index is 1.81. The van der Waals surface area contributed by atoms with Crippen LogP contribution in [0, 0.1) is 5.82 Å². The highest BCUT2D eigenvalue weighted by molar-refractivity contribution is 7.09. The van der Waals surface area contributed by atoms with Crippen molar-refractivity contribution in [2.24, 2.45) is 5.73 Å². The smallest absolute Gasteiger partial charge is 0.126 e. The molecule has 0 fully saturated rings. The van der Waals surface area contributed by atoms with Crippen LogP contribution in [0.3, 0.4) is 0 Å². The average Bonchev–Trinajstić information content (AvgIpc) is 2.78. The van der Waals surface area contributed by atoms with Gasteiger partial charge in [0.2, 0.25) is 0 Å². The van der Waals surface area contributed by atoms with Crippen LogP contribution in [0.2, 0.25) is 0 Å². The molecule has 0 amide bonds. The van der Waals surface area contributed by atoms with E-state index in [2.05, 4.69) is 4.98 Å². The lowest BCUT2D eigenvalue weighted by Crippen LogP contribution is -2.04. The van der Waals surface area contributed by atoms with Gasteiger partial charge in [0.25, 0.3) is 0 Å². The van der Waals surface area contributed by atoms with E-state index in [1.54, 1.807) is 23.5 Å². The Bertz CT molecular complexity index is 501. The molecular weight excluding hydrogens is 251 g/mol. The van der Waals surface area contributed by atoms with Crippen LogP contribution in [0.1, 0.15) is 10.7 Å². The zero-order chi connectivity index (χ0) is 12.8. The van der Waals surface area contributed by atoms with Gasteiger partial charge in [-0.2, -0.15) is 0 Å². The molecule has 3 nitrogen and oxygen atoms in total. The second kappa shape index (κ2) is 6.47. The fraction of sp³-hybridized carbons (Fsp3) is 0.308. The van der Waals surface area contributed by atoms with E-state index in [-0.39, 0.29) is 5.82 Å². The molecule has 2 aromatic rings. The number of ether oxygens (including phenoxy) is 1. The molecule has 0 saturated heterocycles. The van der Waals surface area contributed by atoms with Crippen LogP contribution in [0.4, 0.5) is 4.39 Å². The van der Waals surface area contributed by atoms with Gasteiger partial charge in [-0.15, -0.1) is 11.3 Å². The molecular formula is C13H15FN2OS. The first-order valence-corrected chi connectivity index (χ1v) is 6.67. The predicted molar refractivity (Wildman–Crippen MR) is 70.5 cm³/mol. The van der Waals surface area contributed by atoms with Gasteiger partial charge < -0.3 is 10.5 Å². The summed E-state index contributed by atoms with van der Waals surface area (Å²) in [4.78, 5) is 4.43. The molecule has 0 saturated carbocycles. The molecule has 1 aromatic carbocycles. The molecule has 18 heavy (non-hydrogen) atoms. The summed E-state index contributed by atoms with van der Waals surface area (Å²) in [7, 11) is 0. The molecule has 96 valence electrons. The molecule has 0 aliphatic heterocycles. The molecule has 0 unspecified atom stereocenters. The zero-order valence-electron chi connectivity index (χ0n) is 9.93. The molecule has 0 bridgehead atoms. The van der Waals surface area contributed by atoms with Crippen LogP contribution < -0.4 is 10.5 Å². The Kier molecular flexibility index (Phi) is 4.66. The van der Waals surface area contributed by atoms with Crippen molar-refractivity contribution in [1.82, 2.24) is 4.98 Å². The van der Waals surface area contributed by atoms with Gasteiger partial charge in [-0.3, -0.25) is 0 Å². The fourth-order valence-electron chi connectivity index (χ4n) is 1.54. The topological polar surface area (TPSA) is 48.1 Å². The number of aromatic nitrogens is 1. The summed E-state index contributed by atoms with van der Waals surface area (Å²) in [6.45, 7) is 1.11. The summed E-state index contributed by atoms with van der Waals surface area (Å²) in [5, 5.41) is 3.04. The summed E-state index contributed by atoms with van der Waals surface area (Å²) < 4.78 is 18.4. The fourth-order valence-corrected chi connectivity index (χ4v) is 2.35. The standard InChI is InChI=1S/C13H15FN2OS/c14-10-2-1-3-12(8-10)17-7-5-13-16-11(4-6-15)9-18-13/h1-3,8-9H,4-7,15H2. The molecule has 2 rings (SSSR count). The maximum absolute atomic E-state index is 12.9. The van der Waals surface area contributed by atoms with Gasteiger partial charge in [0.1, 0.15) is 11.6 Å². The first-order valence-electron chi connectivity index (χ1n) is 5.79. The van der Waals surface area contributed by atoms with Gasteiger partial charge in [-0.05, 0) is 18.7 Å². The molecule has 0 atom stereocenters. The van der Waals surface area contributed by atoms with Crippen LogP contribution in [0.25, 0.3) is 0 Å². The normalized spacial score (nSPS) is 10.6. The van der Waals surface area contributed by atoms with E-state index in [1.807, 2.05) is 5.38 Å². The van der Waals surface area contributed by atoms with Crippen molar-refractivity contribution >= 4 is 11.3 Å². The van der Waals surface area contributed by atoms with Crippen molar-refractivity contribution in [2.45, 2.75) is 12.8 Å². The van der Waals surface area contributed by atoms with Gasteiger partial charge in [0.15, 0.2) is 0 Å². The van der Waals surface area contributed by atoms with Gasteiger partial charge in [-0.25, -0.2) is 9.37 Å². The number of nitrogens with two attached hydrogens (primary N) is 1. The number of hydrogen-bond acceptors (Lipinski definition) is 4. The van der Waals surface area contributed by atoms with Crippen molar-refractivity contribution < 1.29 is 9.13 Å². The van der Waals surface area contributed by atoms with E-state index in [1.165, 1.54) is 12.1 Å². The van der Waals surface area contributed by atoms with E-state index in [9.17, 15) is 4.39 Å². The first kappa shape index (κ1) is 13.0. The minimum absolute atomic E-state index is 0.285. The van der Waals surface area contributed by atoms with Crippen LogP contribution in [0.15, 0.2) is 29.6 Å². The van der Waals surface area contributed by atoms with Crippen molar-refractivity contribution in [3.8, 4) is 5.75 Å². The van der Waals surface area contributed by atoms with Crippen molar-refractivity contribution in [3.05, 3.63) is 46.2 Å². The lowest BCUT2D eigenvalue weighted by molar-refractivity contribution is 0.320. The van der Waals surface area contributed by atoms with E-state index in [0.29, 0.717) is 18.9 Å². The highest BCUT2D eigenvalue weighted by Gasteiger charge is 2.02. The average molecular weight is 266 g/mol. The van der Waals surface area contributed by atoms with Crippen LogP contribution in [-0.2, 0) is 12.8 Å². The van der Waals surface area contributed by atoms with E-state index in [4.69, 9.17) is 10.5 Å². The molecule has 0 aliphatic carbocycles. The lowest BCUT2D eigenvalue weighted by atomic mass is 10.3. The second-order valence-electron chi connectivity index (χ2n) is 3.83. The summed E-state index contributed by atoms with van der Waals surface area (Å²) in [5.74, 6) is 0.265. The quantitative estimate of drug-likeness (QED) is 0.873. The predicted octanol–water partition coefficient (Wildman–Crippen LogP) is 2.40. The summed E-state index contributed by atoms with van der Waals surface area (Å²) in [5.41, 5.74) is 6.50. The second-order valence-corrected chi connectivity index (χ2v) is 4.77. The Morgan fingerprint density at radius 1 is 1.33 bits per heavy atom. The van der Waals surface area contributed by atoms with Gasteiger partial charge in [-0.1, -0.05) is 6.07 Å². The van der Waals surface area contributed by atoms with Crippen molar-refractivity contribution in [3.63, 3.8) is 0 Å². The number of benzene rings is 1. The minimum atomic E-state index is -0.285. The molecule has 5 heteroatoms. The Hall–Kier alpha value is -1.46. The number of halogens is 1. The Labute approximate surface area is 109 Å². The maximum Gasteiger partial charge on any atom is 0.126 e. The van der Waals surface area contributed by atoms with Crippen LogP contribution in [0.5, 0.6) is 5.75 Å². The van der Waals surface area contributed by atoms with E-state index >= 15 is 0 Å². The summed E-state index contributed by atoms with van der Waals surface area (Å²) in [6.07, 6.45) is 1.53. The molecule has 0 spiro atoms. The summed E-state index contributed by atoms with van der Waals surface area (Å²) in [6, 6.07) is 6.15. The number of rotatable bonds is 6. The van der Waals surface area contributed by atoms with Gasteiger partial charge >= 0.3 is 0 Å². The molecule has 0 radical (unpaired) electrons. The molecule has 2 N–H and O–H groups in total. The minimum Gasteiger partial charge on any atom is -0.493 e. The zero-order valence-corrected chi connectivity index (χ0v) is 10.8. The summed E-state index contributed by atoms with van der Waals surface area (Å²) >= 11 is 1.61. The monoisotopic (exact) mass is 266 g/mol. The van der Waals surface area contributed by atoms with Gasteiger partial charge in [0.05, 0.1) is 17.3 Å². The van der Waals surface area contributed by atoms with Crippen molar-refractivity contribution in [2.75, 3.05) is 13.2 Å². The lowest BCUT2D eigenvalue weighted by Gasteiger charge is -2.04. The van der Waals surface area contributed by atoms with Gasteiger partial charge in [0, 0.05) is 24.3 Å². The molecule has 0 aliphatic rings. The third kappa shape index (κ3) is 3.78. The highest BCUT2D eigenvalue weighted by atomic mass is 32.1. The van der Waals surface area contributed by atoms with E-state index in [0.717, 1.165) is 23.5 Å². The SMILES string of the molecule is NCCc1csc(CCOc2cccc(F)c2)n1.